The van der Waals surface area contributed by atoms with Crippen molar-refractivity contribution in [2.75, 3.05) is 20.1 Å². The van der Waals surface area contributed by atoms with Crippen molar-refractivity contribution >= 4 is 23.7 Å². The summed E-state index contributed by atoms with van der Waals surface area (Å²) in [7, 11) is 1.67. The molecule has 2 aromatic rings. The van der Waals surface area contributed by atoms with E-state index in [1.807, 2.05) is 61.7 Å². The van der Waals surface area contributed by atoms with Gasteiger partial charge in [0.1, 0.15) is 5.69 Å². The van der Waals surface area contributed by atoms with Crippen LogP contribution in [0.4, 0.5) is 4.79 Å². The fraction of sp³-hybridized carbons (Fsp3) is 0.381. The molecule has 1 aromatic carbocycles. The first-order valence-electron chi connectivity index (χ1n) is 9.81. The molecule has 0 N–H and O–H groups in total. The van der Waals surface area contributed by atoms with Crippen molar-refractivity contribution in [2.45, 2.75) is 33.2 Å². The van der Waals surface area contributed by atoms with E-state index in [0.717, 1.165) is 17.0 Å². The van der Waals surface area contributed by atoms with Gasteiger partial charge in [0, 0.05) is 13.6 Å². The third-order valence-electron chi connectivity index (χ3n) is 5.40. The number of rotatable bonds is 4. The van der Waals surface area contributed by atoms with Crippen molar-refractivity contribution in [1.29, 1.82) is 0 Å². The van der Waals surface area contributed by atoms with E-state index in [1.165, 1.54) is 9.80 Å². The molecule has 0 saturated carbocycles. The molecule has 1 unspecified atom stereocenters. The molecule has 2 aliphatic rings. The molecule has 1 aromatic heterocycles. The molecule has 0 spiro atoms. The van der Waals surface area contributed by atoms with Gasteiger partial charge in [0.25, 0.3) is 5.91 Å². The maximum Gasteiger partial charge on any atom is 0.421 e. The second-order valence-electron chi connectivity index (χ2n) is 7.36. The van der Waals surface area contributed by atoms with E-state index < -0.39 is 6.04 Å². The Hall–Kier alpha value is -3.29. The molecule has 0 aliphatic carbocycles. The molecule has 2 aliphatic heterocycles. The van der Waals surface area contributed by atoms with Crippen LogP contribution in [0.15, 0.2) is 41.4 Å². The van der Waals surface area contributed by atoms with Crippen LogP contribution in [0.5, 0.6) is 0 Å². The summed E-state index contributed by atoms with van der Waals surface area (Å²) < 4.78 is 3.65. The molecule has 150 valence electrons. The van der Waals surface area contributed by atoms with Crippen molar-refractivity contribution in [3.05, 3.63) is 53.3 Å². The topological polar surface area (TPSA) is 73.8 Å². The van der Waals surface area contributed by atoms with E-state index in [9.17, 15) is 9.59 Å². The number of urea groups is 1. The summed E-state index contributed by atoms with van der Waals surface area (Å²) in [6.45, 7) is 6.75. The highest BCUT2D eigenvalue weighted by molar-refractivity contribution is 6.23. The average molecular weight is 393 g/mol. The second-order valence-corrected chi connectivity index (χ2v) is 7.36. The molecule has 8 nitrogen and oxygen atoms in total. The number of aromatic nitrogens is 2. The number of imide groups is 1. The molecule has 4 rings (SSSR count). The number of amides is 3. The number of carbonyl (C=O) groups excluding carboxylic acids is 2. The lowest BCUT2D eigenvalue weighted by Gasteiger charge is -2.34. The average Bonchev–Trinajstić information content (AvgIpc) is 3.26. The van der Waals surface area contributed by atoms with Crippen LogP contribution >= 0.6 is 0 Å². The van der Waals surface area contributed by atoms with Gasteiger partial charge in [-0.1, -0.05) is 35.3 Å². The highest BCUT2D eigenvalue weighted by Gasteiger charge is 2.52. The maximum absolute atomic E-state index is 13.3. The smallest absolute Gasteiger partial charge is 0.270 e. The van der Waals surface area contributed by atoms with E-state index in [-0.39, 0.29) is 11.9 Å². The monoisotopic (exact) mass is 393 g/mol. The number of amidine groups is 1. The van der Waals surface area contributed by atoms with Gasteiger partial charge in [-0.3, -0.25) is 14.6 Å². The van der Waals surface area contributed by atoms with Crippen molar-refractivity contribution in [3.63, 3.8) is 0 Å². The van der Waals surface area contributed by atoms with E-state index in [0.29, 0.717) is 31.3 Å². The molecule has 8 heteroatoms. The first kappa shape index (κ1) is 19.0. The second kappa shape index (κ2) is 7.27. The number of aliphatic imine (C=N–C) groups is 1. The molecule has 0 radical (unpaired) electrons. The van der Waals surface area contributed by atoms with E-state index in [2.05, 4.69) is 10.1 Å². The summed E-state index contributed by atoms with van der Waals surface area (Å²) in [5.74, 6) is 0.803. The molecule has 29 heavy (non-hydrogen) atoms. The van der Waals surface area contributed by atoms with Crippen molar-refractivity contribution < 1.29 is 14.2 Å². The minimum absolute atomic E-state index is 0.235. The van der Waals surface area contributed by atoms with Gasteiger partial charge in [-0.05, 0) is 38.8 Å². The van der Waals surface area contributed by atoms with Gasteiger partial charge in [0.05, 0.1) is 12.2 Å². The summed E-state index contributed by atoms with van der Waals surface area (Å²) >= 11 is 0. The van der Waals surface area contributed by atoms with Crippen LogP contribution in [-0.4, -0.2) is 74.1 Å². The number of benzene rings is 1. The third kappa shape index (κ3) is 3.14. The van der Waals surface area contributed by atoms with Gasteiger partial charge in [-0.2, -0.15) is 0 Å². The van der Waals surface area contributed by atoms with Crippen LogP contribution in [0.1, 0.15) is 23.9 Å². The summed E-state index contributed by atoms with van der Waals surface area (Å²) in [6, 6.07) is 10.9. The fourth-order valence-electron chi connectivity index (χ4n) is 3.92. The zero-order chi connectivity index (χ0) is 20.7. The number of hydrogen-bond acceptors (Lipinski definition) is 4. The molecule has 1 fully saturated rings. The first-order chi connectivity index (χ1) is 13.9. The van der Waals surface area contributed by atoms with Crippen LogP contribution in [0.2, 0.25) is 0 Å². The van der Waals surface area contributed by atoms with Crippen LogP contribution in [0.25, 0.3) is 0 Å². The van der Waals surface area contributed by atoms with Crippen molar-refractivity contribution in [1.82, 2.24) is 19.6 Å². The van der Waals surface area contributed by atoms with E-state index in [4.69, 9.17) is 0 Å². The number of fused-ring (bicyclic) bond motifs is 1. The Kier molecular flexibility index (Phi) is 4.77. The lowest BCUT2D eigenvalue weighted by atomic mass is 10.1. The number of hydrogen-bond donors (Lipinski definition) is 0. The zero-order valence-electron chi connectivity index (χ0n) is 17.2. The summed E-state index contributed by atoms with van der Waals surface area (Å²) in [4.78, 5) is 33.7. The van der Waals surface area contributed by atoms with Gasteiger partial charge in [-0.15, -0.1) is 9.78 Å². The largest absolute Gasteiger partial charge is 0.421 e. The minimum atomic E-state index is -0.614. The van der Waals surface area contributed by atoms with Gasteiger partial charge in [-0.25, -0.2) is 9.37 Å². The molecule has 3 heterocycles. The molecule has 1 saturated heterocycles. The Labute approximate surface area is 169 Å². The Morgan fingerprint density at radius 3 is 2.48 bits per heavy atom. The van der Waals surface area contributed by atoms with Gasteiger partial charge < -0.3 is 0 Å². The van der Waals surface area contributed by atoms with E-state index >= 15 is 0 Å². The van der Waals surface area contributed by atoms with Gasteiger partial charge >= 0.3 is 12.0 Å². The third-order valence-corrected chi connectivity index (χ3v) is 5.40. The Bertz CT molecular complexity index is 1040. The summed E-state index contributed by atoms with van der Waals surface area (Å²) in [6.07, 6.45) is 0.617. The highest BCUT2D eigenvalue weighted by atomic mass is 16.2. The Balaban J connectivity index is 1.68. The fourth-order valence-corrected chi connectivity index (χ4v) is 3.92. The Morgan fingerprint density at radius 2 is 1.86 bits per heavy atom. The van der Waals surface area contributed by atoms with Gasteiger partial charge in [0.15, 0.2) is 0 Å². The van der Waals surface area contributed by atoms with E-state index in [1.54, 1.807) is 11.7 Å². The Morgan fingerprint density at radius 1 is 1.14 bits per heavy atom. The molecule has 0 bridgehead atoms. The molecular formula is C21H25N6O2+. The predicted octanol–water partition coefficient (Wildman–Crippen LogP) is 1.65. The van der Waals surface area contributed by atoms with Crippen LogP contribution < -0.4 is 0 Å². The lowest BCUT2D eigenvalue weighted by molar-refractivity contribution is -0.534. The maximum atomic E-state index is 13.3. The number of nitrogens with zero attached hydrogens (tertiary/aromatic N) is 6. The highest BCUT2D eigenvalue weighted by Crippen LogP contribution is 2.21. The lowest BCUT2D eigenvalue weighted by Crippen LogP contribution is -2.63. The zero-order valence-corrected chi connectivity index (χ0v) is 17.2. The normalized spacial score (nSPS) is 19.2. The predicted molar refractivity (Wildman–Crippen MR) is 109 cm³/mol. The SMILES string of the molecule is CC[N+]1=C(n2nc(C)cc2C)N=C2C1C(=O)N(CCc1ccccc1)C(=O)N2C. The van der Waals surface area contributed by atoms with Crippen molar-refractivity contribution in [2.24, 2.45) is 4.99 Å². The molecule has 1 atom stereocenters. The van der Waals surface area contributed by atoms with Crippen molar-refractivity contribution in [3.8, 4) is 0 Å². The first-order valence-corrected chi connectivity index (χ1v) is 9.81. The summed E-state index contributed by atoms with van der Waals surface area (Å²) in [5.41, 5.74) is 2.89. The quantitative estimate of drug-likeness (QED) is 0.742. The van der Waals surface area contributed by atoms with Crippen LogP contribution in [-0.2, 0) is 11.2 Å². The molecular weight excluding hydrogens is 368 g/mol. The number of aryl methyl sites for hydroxylation is 2. The summed E-state index contributed by atoms with van der Waals surface area (Å²) in [5, 5.41) is 4.51. The number of likely N-dealkylation sites (N-methyl/N-ethyl adjacent to an activating group) is 2. The number of carbonyl (C=O) groups is 2. The van der Waals surface area contributed by atoms with Crippen LogP contribution in [0, 0.1) is 13.8 Å². The van der Waals surface area contributed by atoms with Gasteiger partial charge in [0.2, 0.25) is 11.9 Å². The standard InChI is InChI=1S/C21H25N6O2/c1-5-25-17-18(22-20(25)27-15(3)13-14(2)23-27)24(4)21(29)26(19(17)28)12-11-16-9-7-6-8-10-16/h6-10,13,17H,5,11-12H2,1-4H3/q+1. The molecule has 3 amide bonds. The minimum Gasteiger partial charge on any atom is -0.270 e. The van der Waals surface area contributed by atoms with Crippen LogP contribution in [0.3, 0.4) is 0 Å².